The molecule has 11 heteroatoms. The van der Waals surface area contributed by atoms with Crippen molar-refractivity contribution in [3.63, 3.8) is 0 Å². The van der Waals surface area contributed by atoms with E-state index in [0.717, 1.165) is 10.5 Å². The van der Waals surface area contributed by atoms with Gasteiger partial charge >= 0.3 is 6.61 Å². The van der Waals surface area contributed by atoms with Crippen molar-refractivity contribution in [2.24, 2.45) is 5.16 Å². The molecule has 0 aromatic heterocycles. The van der Waals surface area contributed by atoms with E-state index in [2.05, 4.69) is 15.2 Å². The molecule has 0 heterocycles. The SMILES string of the molecule is Cc1cc(S(=O)(=O)N(C)C)cc(NC(=O)CO/N=C/c2ccccc2OC(F)F)c1C. The number of halogens is 2. The van der Waals surface area contributed by atoms with Crippen LogP contribution in [0.4, 0.5) is 14.5 Å². The molecule has 2 rings (SSSR count). The fraction of sp³-hybridized carbons (Fsp3) is 0.300. The molecule has 0 fully saturated rings. The number of aryl methyl sites for hydroxylation is 1. The van der Waals surface area contributed by atoms with E-state index in [1.165, 1.54) is 44.4 Å². The number of carbonyl (C=O) groups excluding carboxylic acids is 1. The maximum Gasteiger partial charge on any atom is 0.387 e. The zero-order valence-corrected chi connectivity index (χ0v) is 18.2. The zero-order valence-electron chi connectivity index (χ0n) is 17.4. The minimum Gasteiger partial charge on any atom is -0.434 e. The van der Waals surface area contributed by atoms with Crippen LogP contribution >= 0.6 is 0 Å². The highest BCUT2D eigenvalue weighted by Crippen LogP contribution is 2.25. The second-order valence-electron chi connectivity index (χ2n) is 6.67. The number of rotatable bonds is 9. The van der Waals surface area contributed by atoms with Gasteiger partial charge in [0, 0.05) is 25.3 Å². The minimum absolute atomic E-state index is 0.0467. The zero-order chi connectivity index (χ0) is 23.2. The van der Waals surface area contributed by atoms with Gasteiger partial charge in [-0.3, -0.25) is 4.79 Å². The molecule has 0 bridgehead atoms. The fourth-order valence-electron chi connectivity index (χ4n) is 2.48. The van der Waals surface area contributed by atoms with Gasteiger partial charge in [-0.1, -0.05) is 17.3 Å². The van der Waals surface area contributed by atoms with Gasteiger partial charge in [-0.25, -0.2) is 12.7 Å². The van der Waals surface area contributed by atoms with Crippen molar-refractivity contribution in [2.75, 3.05) is 26.0 Å². The van der Waals surface area contributed by atoms with Crippen molar-refractivity contribution in [3.8, 4) is 5.75 Å². The number of hydrogen-bond acceptors (Lipinski definition) is 6. The van der Waals surface area contributed by atoms with E-state index in [9.17, 15) is 22.0 Å². The van der Waals surface area contributed by atoms with Gasteiger partial charge in [-0.2, -0.15) is 8.78 Å². The molecule has 0 aliphatic heterocycles. The van der Waals surface area contributed by atoms with E-state index < -0.39 is 29.1 Å². The summed E-state index contributed by atoms with van der Waals surface area (Å²) in [5.41, 5.74) is 1.96. The number of para-hydroxylation sites is 1. The summed E-state index contributed by atoms with van der Waals surface area (Å²) in [5.74, 6) is -0.657. The normalized spacial score (nSPS) is 11.9. The van der Waals surface area contributed by atoms with Crippen LogP contribution in [-0.2, 0) is 19.7 Å². The summed E-state index contributed by atoms with van der Waals surface area (Å²) in [5, 5.41) is 6.19. The number of alkyl halides is 2. The van der Waals surface area contributed by atoms with Gasteiger partial charge in [0.1, 0.15) is 5.75 Å². The third-order valence-corrected chi connectivity index (χ3v) is 6.08. The van der Waals surface area contributed by atoms with Crippen LogP contribution in [0.15, 0.2) is 46.4 Å². The number of sulfonamides is 1. The van der Waals surface area contributed by atoms with Crippen molar-refractivity contribution < 1.29 is 31.6 Å². The molecule has 0 saturated carbocycles. The molecule has 2 aromatic rings. The summed E-state index contributed by atoms with van der Waals surface area (Å²) in [4.78, 5) is 17.2. The van der Waals surface area contributed by atoms with E-state index >= 15 is 0 Å². The first kappa shape index (κ1) is 24.2. The summed E-state index contributed by atoms with van der Waals surface area (Å²) in [7, 11) is -0.845. The summed E-state index contributed by atoms with van der Waals surface area (Å²) < 4.78 is 55.1. The molecule has 1 N–H and O–H groups in total. The lowest BCUT2D eigenvalue weighted by Crippen LogP contribution is -2.23. The second kappa shape index (κ2) is 10.3. The molecule has 0 radical (unpaired) electrons. The van der Waals surface area contributed by atoms with Gasteiger partial charge in [0.15, 0.2) is 6.61 Å². The van der Waals surface area contributed by atoms with Crippen LogP contribution in [0, 0.1) is 13.8 Å². The second-order valence-corrected chi connectivity index (χ2v) is 8.82. The summed E-state index contributed by atoms with van der Waals surface area (Å²) >= 11 is 0. The van der Waals surface area contributed by atoms with Crippen LogP contribution in [0.2, 0.25) is 0 Å². The van der Waals surface area contributed by atoms with Gasteiger partial charge in [0.2, 0.25) is 10.0 Å². The van der Waals surface area contributed by atoms with Crippen LogP contribution in [-0.4, -0.2) is 52.2 Å². The summed E-state index contributed by atoms with van der Waals surface area (Å²) in [6.07, 6.45) is 1.14. The minimum atomic E-state index is -3.68. The lowest BCUT2D eigenvalue weighted by atomic mass is 10.1. The molecule has 0 spiro atoms. The number of nitrogens with one attached hydrogen (secondary N) is 1. The first-order chi connectivity index (χ1) is 14.5. The number of amides is 1. The quantitative estimate of drug-likeness (QED) is 0.463. The lowest BCUT2D eigenvalue weighted by molar-refractivity contribution is -0.120. The van der Waals surface area contributed by atoms with Crippen molar-refractivity contribution in [2.45, 2.75) is 25.4 Å². The predicted octanol–water partition coefficient (Wildman–Crippen LogP) is 3.14. The average Bonchev–Trinajstić information content (AvgIpc) is 2.69. The molecular formula is C20H23F2N3O5S. The first-order valence-electron chi connectivity index (χ1n) is 9.05. The standard InChI is InChI=1S/C20H23F2N3O5S/c1-13-9-16(31(27,28)25(3)4)10-17(14(13)2)24-19(26)12-29-23-11-15-7-5-6-8-18(15)30-20(21)22/h5-11,20H,12H2,1-4H3,(H,24,26)/b23-11+. The Morgan fingerprint density at radius 1 is 1.23 bits per heavy atom. The smallest absolute Gasteiger partial charge is 0.387 e. The molecule has 0 unspecified atom stereocenters. The van der Waals surface area contributed by atoms with Crippen molar-refractivity contribution in [3.05, 3.63) is 53.1 Å². The molecule has 2 aromatic carbocycles. The number of carbonyl (C=O) groups is 1. The molecule has 1 amide bonds. The van der Waals surface area contributed by atoms with Crippen LogP contribution in [0.3, 0.4) is 0 Å². The Morgan fingerprint density at radius 3 is 2.55 bits per heavy atom. The molecule has 0 aliphatic rings. The Morgan fingerprint density at radius 2 is 1.90 bits per heavy atom. The van der Waals surface area contributed by atoms with Gasteiger partial charge in [0.25, 0.3) is 5.91 Å². The van der Waals surface area contributed by atoms with E-state index in [0.29, 0.717) is 16.8 Å². The Labute approximate surface area is 179 Å². The number of oxime groups is 1. The molecule has 0 atom stereocenters. The largest absolute Gasteiger partial charge is 0.434 e. The Balaban J connectivity index is 2.06. The van der Waals surface area contributed by atoms with E-state index in [1.807, 2.05) is 0 Å². The highest BCUT2D eigenvalue weighted by molar-refractivity contribution is 7.89. The topological polar surface area (TPSA) is 97.3 Å². The Hall–Kier alpha value is -3.05. The summed E-state index contributed by atoms with van der Waals surface area (Å²) in [6, 6.07) is 8.87. The summed E-state index contributed by atoms with van der Waals surface area (Å²) in [6.45, 7) is 0.0207. The van der Waals surface area contributed by atoms with Crippen molar-refractivity contribution >= 4 is 27.8 Å². The van der Waals surface area contributed by atoms with Crippen LogP contribution < -0.4 is 10.1 Å². The fourth-order valence-corrected chi connectivity index (χ4v) is 3.50. The highest BCUT2D eigenvalue weighted by atomic mass is 32.2. The Bertz CT molecular complexity index is 1070. The number of anilines is 1. The van der Waals surface area contributed by atoms with E-state index in [1.54, 1.807) is 19.9 Å². The number of ether oxygens (including phenoxy) is 1. The molecule has 168 valence electrons. The number of nitrogens with zero attached hydrogens (tertiary/aromatic N) is 2. The average molecular weight is 455 g/mol. The van der Waals surface area contributed by atoms with Crippen molar-refractivity contribution in [1.82, 2.24) is 4.31 Å². The number of benzene rings is 2. The van der Waals surface area contributed by atoms with Crippen molar-refractivity contribution in [1.29, 1.82) is 0 Å². The molecule has 8 nitrogen and oxygen atoms in total. The monoisotopic (exact) mass is 455 g/mol. The molecule has 0 saturated heterocycles. The molecule has 31 heavy (non-hydrogen) atoms. The lowest BCUT2D eigenvalue weighted by Gasteiger charge is -2.16. The van der Waals surface area contributed by atoms with Gasteiger partial charge < -0.3 is 14.9 Å². The van der Waals surface area contributed by atoms with Gasteiger partial charge in [0.05, 0.1) is 11.1 Å². The Kier molecular flexibility index (Phi) is 8.06. The molecule has 0 aliphatic carbocycles. The predicted molar refractivity (Wildman–Crippen MR) is 112 cm³/mol. The van der Waals surface area contributed by atoms with Gasteiger partial charge in [-0.05, 0) is 49.2 Å². The van der Waals surface area contributed by atoms with Gasteiger partial charge in [-0.15, -0.1) is 0 Å². The van der Waals surface area contributed by atoms with E-state index in [-0.39, 0.29) is 16.2 Å². The third kappa shape index (κ3) is 6.46. The maximum absolute atomic E-state index is 12.4. The maximum atomic E-state index is 12.4. The number of hydrogen-bond donors (Lipinski definition) is 1. The third-order valence-electron chi connectivity index (χ3n) is 4.29. The van der Waals surface area contributed by atoms with Crippen LogP contribution in [0.1, 0.15) is 16.7 Å². The van der Waals surface area contributed by atoms with E-state index in [4.69, 9.17) is 4.84 Å². The van der Waals surface area contributed by atoms with Crippen LogP contribution in [0.5, 0.6) is 5.75 Å². The highest BCUT2D eigenvalue weighted by Gasteiger charge is 2.20. The molecular weight excluding hydrogens is 432 g/mol. The van der Waals surface area contributed by atoms with Crippen LogP contribution in [0.25, 0.3) is 0 Å². The first-order valence-corrected chi connectivity index (χ1v) is 10.5.